The van der Waals surface area contributed by atoms with E-state index >= 15 is 0 Å². The van der Waals surface area contributed by atoms with Crippen LogP contribution in [0.3, 0.4) is 0 Å². The van der Waals surface area contributed by atoms with Crippen LogP contribution in [0, 0.1) is 5.92 Å². The molecule has 0 fully saturated rings. The molecule has 7 heteroatoms. The van der Waals surface area contributed by atoms with Gasteiger partial charge in [-0.3, -0.25) is 14.4 Å². The molecule has 3 N–H and O–H groups in total. The third-order valence-electron chi connectivity index (χ3n) is 2.63. The van der Waals surface area contributed by atoms with E-state index in [1.807, 2.05) is 0 Å². The van der Waals surface area contributed by atoms with E-state index in [1.165, 1.54) is 11.3 Å². The number of carbonyl (C=O) groups is 3. The van der Waals surface area contributed by atoms with Gasteiger partial charge in [0.05, 0.1) is 4.88 Å². The average Bonchev–Trinajstić information content (AvgIpc) is 2.88. The third kappa shape index (κ3) is 5.40. The van der Waals surface area contributed by atoms with Gasteiger partial charge in [0, 0.05) is 13.0 Å². The molecule has 0 aliphatic heterocycles. The lowest BCUT2D eigenvalue weighted by atomic mass is 10.1. The SMILES string of the molecule is CC(CNC(=O)C(C)NC(=O)c1cccs1)CC(=O)O. The minimum atomic E-state index is -0.897. The van der Waals surface area contributed by atoms with E-state index in [9.17, 15) is 14.4 Å². The first-order chi connectivity index (χ1) is 9.40. The molecule has 0 aliphatic rings. The molecular formula is C13H18N2O4S. The highest BCUT2D eigenvalue weighted by molar-refractivity contribution is 7.12. The average molecular weight is 298 g/mol. The smallest absolute Gasteiger partial charge is 0.303 e. The van der Waals surface area contributed by atoms with Gasteiger partial charge in [-0.05, 0) is 24.3 Å². The number of hydrogen-bond donors (Lipinski definition) is 3. The Bertz CT molecular complexity index is 473. The molecule has 110 valence electrons. The van der Waals surface area contributed by atoms with Gasteiger partial charge in [0.1, 0.15) is 6.04 Å². The van der Waals surface area contributed by atoms with E-state index < -0.39 is 12.0 Å². The third-order valence-corrected chi connectivity index (χ3v) is 3.50. The fourth-order valence-electron chi connectivity index (χ4n) is 1.54. The van der Waals surface area contributed by atoms with Gasteiger partial charge in [0.15, 0.2) is 0 Å². The Labute approximate surface area is 121 Å². The van der Waals surface area contributed by atoms with Crippen LogP contribution < -0.4 is 10.6 Å². The van der Waals surface area contributed by atoms with Crippen molar-refractivity contribution in [2.24, 2.45) is 5.92 Å². The summed E-state index contributed by atoms with van der Waals surface area (Å²) in [7, 11) is 0. The number of thiophene rings is 1. The summed E-state index contributed by atoms with van der Waals surface area (Å²) in [6, 6.07) is 2.78. The summed E-state index contributed by atoms with van der Waals surface area (Å²) in [4.78, 5) is 34.6. The Hall–Kier alpha value is -1.89. The highest BCUT2D eigenvalue weighted by Crippen LogP contribution is 2.08. The van der Waals surface area contributed by atoms with Gasteiger partial charge in [0.2, 0.25) is 5.91 Å². The summed E-state index contributed by atoms with van der Waals surface area (Å²) in [6.07, 6.45) is -0.00375. The normalized spacial score (nSPS) is 13.3. The minimum Gasteiger partial charge on any atom is -0.481 e. The van der Waals surface area contributed by atoms with Gasteiger partial charge < -0.3 is 15.7 Å². The largest absolute Gasteiger partial charge is 0.481 e. The molecule has 20 heavy (non-hydrogen) atoms. The molecule has 0 radical (unpaired) electrons. The number of amides is 2. The number of hydrogen-bond acceptors (Lipinski definition) is 4. The summed E-state index contributed by atoms with van der Waals surface area (Å²) in [5.74, 6) is -1.67. The van der Waals surface area contributed by atoms with E-state index in [0.717, 1.165) is 0 Å². The van der Waals surface area contributed by atoms with Gasteiger partial charge in [-0.25, -0.2) is 0 Å². The quantitative estimate of drug-likeness (QED) is 0.702. The lowest BCUT2D eigenvalue weighted by Crippen LogP contribution is -2.45. The van der Waals surface area contributed by atoms with Crippen molar-refractivity contribution in [3.05, 3.63) is 22.4 Å². The Balaban J connectivity index is 2.36. The van der Waals surface area contributed by atoms with Crippen molar-refractivity contribution < 1.29 is 19.5 Å². The molecule has 2 atom stereocenters. The first-order valence-corrected chi connectivity index (χ1v) is 7.12. The predicted octanol–water partition coefficient (Wildman–Crippen LogP) is 1.09. The second-order valence-corrected chi connectivity index (χ2v) is 5.57. The maximum atomic E-state index is 11.8. The Morgan fingerprint density at radius 3 is 2.60 bits per heavy atom. The molecule has 2 unspecified atom stereocenters. The van der Waals surface area contributed by atoms with Gasteiger partial charge in [-0.2, -0.15) is 0 Å². The van der Waals surface area contributed by atoms with E-state index in [0.29, 0.717) is 4.88 Å². The zero-order valence-electron chi connectivity index (χ0n) is 11.4. The lowest BCUT2D eigenvalue weighted by molar-refractivity contribution is -0.138. The van der Waals surface area contributed by atoms with Crippen LogP contribution >= 0.6 is 11.3 Å². The van der Waals surface area contributed by atoms with Crippen molar-refractivity contribution in [1.29, 1.82) is 0 Å². The van der Waals surface area contributed by atoms with Crippen molar-refractivity contribution in [2.75, 3.05) is 6.54 Å². The van der Waals surface area contributed by atoms with Crippen LogP contribution in [0.1, 0.15) is 29.9 Å². The van der Waals surface area contributed by atoms with Gasteiger partial charge in [-0.15, -0.1) is 11.3 Å². The molecule has 1 heterocycles. The summed E-state index contributed by atoms with van der Waals surface area (Å²) in [6.45, 7) is 3.59. The Morgan fingerprint density at radius 1 is 1.35 bits per heavy atom. The van der Waals surface area contributed by atoms with Crippen molar-refractivity contribution in [3.8, 4) is 0 Å². The van der Waals surface area contributed by atoms with E-state index in [1.54, 1.807) is 31.4 Å². The van der Waals surface area contributed by atoms with E-state index in [4.69, 9.17) is 5.11 Å². The zero-order valence-corrected chi connectivity index (χ0v) is 12.2. The van der Waals surface area contributed by atoms with Crippen LogP contribution in [0.15, 0.2) is 17.5 Å². The monoisotopic (exact) mass is 298 g/mol. The molecule has 1 rings (SSSR count). The lowest BCUT2D eigenvalue weighted by Gasteiger charge is -2.15. The number of carboxylic acid groups (broad SMARTS) is 1. The van der Waals surface area contributed by atoms with Crippen molar-refractivity contribution in [1.82, 2.24) is 10.6 Å². The molecule has 6 nitrogen and oxygen atoms in total. The van der Waals surface area contributed by atoms with E-state index in [-0.39, 0.29) is 30.7 Å². The Kier molecular flexibility index (Phi) is 6.17. The molecule has 0 bridgehead atoms. The Morgan fingerprint density at radius 2 is 2.05 bits per heavy atom. The second-order valence-electron chi connectivity index (χ2n) is 4.62. The maximum Gasteiger partial charge on any atom is 0.303 e. The first-order valence-electron chi connectivity index (χ1n) is 6.24. The fraction of sp³-hybridized carbons (Fsp3) is 0.462. The summed E-state index contributed by atoms with van der Waals surface area (Å²) in [5.41, 5.74) is 0. The van der Waals surface area contributed by atoms with Crippen LogP contribution in [-0.2, 0) is 9.59 Å². The van der Waals surface area contributed by atoms with Gasteiger partial charge in [0.25, 0.3) is 5.91 Å². The van der Waals surface area contributed by atoms with Gasteiger partial charge in [-0.1, -0.05) is 13.0 Å². The van der Waals surface area contributed by atoms with Crippen LogP contribution in [0.2, 0.25) is 0 Å². The molecular weight excluding hydrogens is 280 g/mol. The zero-order chi connectivity index (χ0) is 15.1. The molecule has 0 spiro atoms. The van der Waals surface area contributed by atoms with Crippen LogP contribution in [0.25, 0.3) is 0 Å². The highest BCUT2D eigenvalue weighted by Gasteiger charge is 2.18. The number of nitrogens with one attached hydrogen (secondary N) is 2. The van der Waals surface area contributed by atoms with E-state index in [2.05, 4.69) is 10.6 Å². The molecule has 0 aliphatic carbocycles. The maximum absolute atomic E-state index is 11.8. The van der Waals surface area contributed by atoms with Crippen LogP contribution in [-0.4, -0.2) is 35.5 Å². The first kappa shape index (κ1) is 16.2. The summed E-state index contributed by atoms with van der Waals surface area (Å²) >= 11 is 1.30. The summed E-state index contributed by atoms with van der Waals surface area (Å²) < 4.78 is 0. The highest BCUT2D eigenvalue weighted by atomic mass is 32.1. The van der Waals surface area contributed by atoms with Crippen LogP contribution in [0.5, 0.6) is 0 Å². The molecule has 0 aromatic carbocycles. The molecule has 2 amide bonds. The van der Waals surface area contributed by atoms with Crippen LogP contribution in [0.4, 0.5) is 0 Å². The summed E-state index contributed by atoms with van der Waals surface area (Å²) in [5, 5.41) is 15.6. The fourth-order valence-corrected chi connectivity index (χ4v) is 2.17. The van der Waals surface area contributed by atoms with Crippen molar-refractivity contribution >= 4 is 29.1 Å². The minimum absolute atomic E-state index is 0.00375. The topological polar surface area (TPSA) is 95.5 Å². The standard InChI is InChI=1S/C13H18N2O4S/c1-8(6-11(16)17)7-14-12(18)9(2)15-13(19)10-4-3-5-20-10/h3-5,8-9H,6-7H2,1-2H3,(H,14,18)(H,15,19)(H,16,17). The predicted molar refractivity (Wildman–Crippen MR) is 75.7 cm³/mol. The molecule has 1 aromatic heterocycles. The number of aliphatic carboxylic acids is 1. The molecule has 1 aromatic rings. The van der Waals surface area contributed by atoms with Crippen molar-refractivity contribution in [3.63, 3.8) is 0 Å². The number of rotatable bonds is 7. The molecule has 0 saturated heterocycles. The van der Waals surface area contributed by atoms with Gasteiger partial charge >= 0.3 is 5.97 Å². The second kappa shape index (κ2) is 7.64. The molecule has 0 saturated carbocycles. The number of carboxylic acids is 1. The number of carbonyl (C=O) groups excluding carboxylic acids is 2. The van der Waals surface area contributed by atoms with Crippen molar-refractivity contribution in [2.45, 2.75) is 26.3 Å².